The number of hydrogen-bond donors (Lipinski definition) is 3. The van der Waals surface area contributed by atoms with Crippen molar-refractivity contribution in [3.05, 3.63) is 29.8 Å². The molecule has 1 rings (SSSR count). The number of nitrogens with one attached hydrogen (secondary N) is 1. The molecule has 21 heavy (non-hydrogen) atoms. The second-order valence-corrected chi connectivity index (χ2v) is 5.40. The molecule has 1 atom stereocenters. The number of carbonyl (C=O) groups excluding carboxylic acids is 1. The smallest absolute Gasteiger partial charge is 0.431 e. The van der Waals surface area contributed by atoms with Gasteiger partial charge in [-0.3, -0.25) is 9.63 Å². The van der Waals surface area contributed by atoms with Crippen molar-refractivity contribution in [2.75, 3.05) is 0 Å². The predicted octanol–water partition coefficient (Wildman–Crippen LogP) is 2.36. The molecule has 0 aromatic heterocycles. The summed E-state index contributed by atoms with van der Waals surface area (Å²) >= 11 is 0. The van der Waals surface area contributed by atoms with Gasteiger partial charge >= 0.3 is 12.1 Å². The van der Waals surface area contributed by atoms with Crippen molar-refractivity contribution in [2.45, 2.75) is 38.9 Å². The number of benzene rings is 1. The summed E-state index contributed by atoms with van der Waals surface area (Å²) in [5.41, 5.74) is 1.79. The molecule has 1 unspecified atom stereocenters. The average molecular weight is 297 g/mol. The number of hydroxylamine groups is 1. The Hall–Kier alpha value is -2.28. The van der Waals surface area contributed by atoms with Crippen LogP contribution in [0.5, 0.6) is 5.75 Å². The van der Waals surface area contributed by atoms with Gasteiger partial charge in [0, 0.05) is 0 Å². The molecule has 0 saturated heterocycles. The van der Waals surface area contributed by atoms with Gasteiger partial charge in [0.25, 0.3) is 0 Å². The van der Waals surface area contributed by atoms with Gasteiger partial charge in [0.2, 0.25) is 0 Å². The number of hydrogen-bond acceptors (Lipinski definition) is 5. The van der Waals surface area contributed by atoms with Gasteiger partial charge < -0.3 is 14.9 Å². The monoisotopic (exact) mass is 297 g/mol. The molecule has 0 heterocycles. The predicted molar refractivity (Wildman–Crippen MR) is 73.6 cm³/mol. The summed E-state index contributed by atoms with van der Waals surface area (Å²) in [6.45, 7) is 5.07. The fourth-order valence-electron chi connectivity index (χ4n) is 1.53. The molecule has 116 valence electrons. The molecule has 7 heteroatoms. The van der Waals surface area contributed by atoms with E-state index in [4.69, 9.17) is 14.7 Å². The maximum absolute atomic E-state index is 11.5. The third-order valence-electron chi connectivity index (χ3n) is 2.29. The maximum Gasteiger partial charge on any atom is 0.431 e. The SMILES string of the molecule is CC(C)(C)OC(=O)NOC(CC(=O)O)c1cccc(O)c1. The summed E-state index contributed by atoms with van der Waals surface area (Å²) in [7, 11) is 0. The summed E-state index contributed by atoms with van der Waals surface area (Å²) < 4.78 is 4.98. The van der Waals surface area contributed by atoms with Crippen molar-refractivity contribution in [2.24, 2.45) is 0 Å². The van der Waals surface area contributed by atoms with Crippen molar-refractivity contribution >= 4 is 12.1 Å². The Morgan fingerprint density at radius 1 is 1.33 bits per heavy atom. The molecular formula is C14H19NO6. The van der Waals surface area contributed by atoms with Gasteiger partial charge in [-0.2, -0.15) is 5.48 Å². The van der Waals surface area contributed by atoms with Crippen LogP contribution in [-0.2, 0) is 14.4 Å². The Morgan fingerprint density at radius 2 is 2.00 bits per heavy atom. The van der Waals surface area contributed by atoms with Crippen molar-refractivity contribution in [1.29, 1.82) is 0 Å². The number of ether oxygens (including phenoxy) is 1. The van der Waals surface area contributed by atoms with Crippen LogP contribution in [0.3, 0.4) is 0 Å². The Morgan fingerprint density at radius 3 is 2.52 bits per heavy atom. The second kappa shape index (κ2) is 6.94. The van der Waals surface area contributed by atoms with Gasteiger partial charge in [-0.15, -0.1) is 0 Å². The normalized spacial score (nSPS) is 12.5. The van der Waals surface area contributed by atoms with Crippen LogP contribution in [-0.4, -0.2) is 27.9 Å². The highest BCUT2D eigenvalue weighted by atomic mass is 16.7. The molecule has 0 bridgehead atoms. The van der Waals surface area contributed by atoms with Crippen molar-refractivity contribution in [1.82, 2.24) is 5.48 Å². The number of rotatable bonds is 5. The second-order valence-electron chi connectivity index (χ2n) is 5.40. The molecule has 1 aromatic rings. The molecule has 0 aliphatic carbocycles. The summed E-state index contributed by atoms with van der Waals surface area (Å²) in [4.78, 5) is 27.4. The van der Waals surface area contributed by atoms with Crippen LogP contribution >= 0.6 is 0 Å². The van der Waals surface area contributed by atoms with E-state index in [1.165, 1.54) is 12.1 Å². The van der Waals surface area contributed by atoms with Gasteiger partial charge in [0.15, 0.2) is 0 Å². The van der Waals surface area contributed by atoms with Gasteiger partial charge in [-0.05, 0) is 38.5 Å². The van der Waals surface area contributed by atoms with Gasteiger partial charge in [-0.1, -0.05) is 12.1 Å². The van der Waals surface area contributed by atoms with Crippen LogP contribution in [0.25, 0.3) is 0 Å². The van der Waals surface area contributed by atoms with E-state index >= 15 is 0 Å². The lowest BCUT2D eigenvalue weighted by atomic mass is 10.1. The molecule has 0 saturated carbocycles. The standard InChI is InChI=1S/C14H19NO6/c1-14(2,3)20-13(19)15-21-11(8-12(17)18)9-5-4-6-10(16)7-9/h4-7,11,16H,8H2,1-3H3,(H,15,19)(H,17,18). The highest BCUT2D eigenvalue weighted by Gasteiger charge is 2.21. The number of phenolic OH excluding ortho intramolecular Hbond substituents is 1. The van der Waals surface area contributed by atoms with Crippen LogP contribution in [0.2, 0.25) is 0 Å². The Kier molecular flexibility index (Phi) is 5.54. The quantitative estimate of drug-likeness (QED) is 0.721. The van der Waals surface area contributed by atoms with Crippen molar-refractivity contribution < 1.29 is 29.4 Å². The summed E-state index contributed by atoms with van der Waals surface area (Å²) in [6, 6.07) is 5.95. The molecule has 1 amide bonds. The van der Waals surface area contributed by atoms with E-state index in [1.54, 1.807) is 32.9 Å². The zero-order valence-electron chi connectivity index (χ0n) is 12.1. The minimum atomic E-state index is -1.10. The lowest BCUT2D eigenvalue weighted by molar-refractivity contribution is -0.142. The van der Waals surface area contributed by atoms with Crippen LogP contribution < -0.4 is 5.48 Å². The summed E-state index contributed by atoms with van der Waals surface area (Å²) in [6.07, 6.45) is -2.14. The molecule has 0 fully saturated rings. The van der Waals surface area contributed by atoms with Crippen molar-refractivity contribution in [3.8, 4) is 5.75 Å². The first kappa shape index (κ1) is 16.8. The Balaban J connectivity index is 2.71. The van der Waals surface area contributed by atoms with E-state index in [2.05, 4.69) is 5.48 Å². The van der Waals surface area contributed by atoms with Gasteiger partial charge in [-0.25, -0.2) is 4.79 Å². The molecular weight excluding hydrogens is 278 g/mol. The first-order valence-corrected chi connectivity index (χ1v) is 6.33. The van der Waals surface area contributed by atoms with Crippen molar-refractivity contribution in [3.63, 3.8) is 0 Å². The molecule has 0 spiro atoms. The van der Waals surface area contributed by atoms with E-state index < -0.39 is 23.8 Å². The molecule has 0 aliphatic rings. The first-order valence-electron chi connectivity index (χ1n) is 6.33. The van der Waals surface area contributed by atoms with Gasteiger partial charge in [0.05, 0.1) is 6.42 Å². The summed E-state index contributed by atoms with van der Waals surface area (Å²) in [5.74, 6) is -1.13. The number of aromatic hydroxyl groups is 1. The van der Waals surface area contributed by atoms with Gasteiger partial charge in [0.1, 0.15) is 17.5 Å². The zero-order valence-corrected chi connectivity index (χ0v) is 12.1. The molecule has 0 aliphatic heterocycles. The van der Waals surface area contributed by atoms with E-state index in [-0.39, 0.29) is 12.2 Å². The largest absolute Gasteiger partial charge is 0.508 e. The lowest BCUT2D eigenvalue weighted by Crippen LogP contribution is -2.33. The highest BCUT2D eigenvalue weighted by molar-refractivity contribution is 5.68. The van der Waals surface area contributed by atoms with E-state index in [0.717, 1.165) is 0 Å². The number of amides is 1. The number of carbonyl (C=O) groups is 2. The average Bonchev–Trinajstić information content (AvgIpc) is 2.31. The first-order chi connectivity index (χ1) is 9.67. The highest BCUT2D eigenvalue weighted by Crippen LogP contribution is 2.23. The molecule has 1 aromatic carbocycles. The van der Waals surface area contributed by atoms with Crippen LogP contribution in [0.4, 0.5) is 4.79 Å². The van der Waals surface area contributed by atoms with Crippen LogP contribution in [0.1, 0.15) is 38.9 Å². The van der Waals surface area contributed by atoms with E-state index in [9.17, 15) is 14.7 Å². The fourth-order valence-corrected chi connectivity index (χ4v) is 1.53. The summed E-state index contributed by atoms with van der Waals surface area (Å²) in [5, 5.41) is 18.3. The molecule has 7 nitrogen and oxygen atoms in total. The van der Waals surface area contributed by atoms with E-state index in [1.807, 2.05) is 0 Å². The number of aliphatic carboxylic acids is 1. The third kappa shape index (κ3) is 6.62. The minimum Gasteiger partial charge on any atom is -0.508 e. The Labute approximate surface area is 122 Å². The van der Waals surface area contributed by atoms with Crippen LogP contribution in [0, 0.1) is 0 Å². The van der Waals surface area contributed by atoms with Crippen LogP contribution in [0.15, 0.2) is 24.3 Å². The van der Waals surface area contributed by atoms with E-state index in [0.29, 0.717) is 5.56 Å². The number of carboxylic acid groups (broad SMARTS) is 1. The fraction of sp³-hybridized carbons (Fsp3) is 0.429. The Bertz CT molecular complexity index is 508. The molecule has 0 radical (unpaired) electrons. The topological polar surface area (TPSA) is 105 Å². The molecule has 3 N–H and O–H groups in total. The lowest BCUT2D eigenvalue weighted by Gasteiger charge is -2.21. The number of phenols is 1. The minimum absolute atomic E-state index is 0.0243. The number of carboxylic acids is 1. The zero-order chi connectivity index (χ0) is 16.0. The maximum atomic E-state index is 11.5. The third-order valence-corrected chi connectivity index (χ3v) is 2.29.